The van der Waals surface area contributed by atoms with E-state index < -0.39 is 0 Å². The first-order valence-corrected chi connectivity index (χ1v) is 9.54. The van der Waals surface area contributed by atoms with Crippen LogP contribution in [0.25, 0.3) is 0 Å². The van der Waals surface area contributed by atoms with Gasteiger partial charge in [-0.1, -0.05) is 6.07 Å². The molecule has 0 amide bonds. The molecule has 0 unspecified atom stereocenters. The Kier molecular flexibility index (Phi) is 3.87. The highest BCUT2D eigenvalue weighted by Gasteiger charge is 2.50. The van der Waals surface area contributed by atoms with Crippen LogP contribution < -0.4 is 10.6 Å². The minimum absolute atomic E-state index is 0.531. The normalized spacial score (nSPS) is 34.4. The average molecular weight is 329 g/mol. The van der Waals surface area contributed by atoms with Gasteiger partial charge in [0.1, 0.15) is 0 Å². The van der Waals surface area contributed by atoms with Crippen LogP contribution in [0.1, 0.15) is 49.7 Å². The molecule has 4 bridgehead atoms. The molecular weight excluding hydrogens is 300 g/mol. The Morgan fingerprint density at radius 2 is 1.65 bits per heavy atom. The molecule has 2 N–H and O–H groups in total. The summed E-state index contributed by atoms with van der Waals surface area (Å²) in [4.78, 5) is 0. The molecule has 1 aromatic rings. The predicted molar refractivity (Wildman–Crippen MR) is 101 cm³/mol. The minimum Gasteiger partial charge on any atom is -0.362 e. The first kappa shape index (κ1) is 15.4. The van der Waals surface area contributed by atoms with Crippen molar-refractivity contribution in [3.63, 3.8) is 0 Å². The third-order valence-corrected chi connectivity index (χ3v) is 6.80. The fourth-order valence-corrected chi connectivity index (χ4v) is 5.96. The zero-order valence-electron chi connectivity index (χ0n) is 14.3. The zero-order valence-corrected chi connectivity index (χ0v) is 15.1. The molecule has 4 fully saturated rings. The molecule has 3 heteroatoms. The third kappa shape index (κ3) is 3.13. The van der Waals surface area contributed by atoms with Crippen LogP contribution >= 0.6 is 12.2 Å². The number of hydrogen-bond acceptors (Lipinski definition) is 1. The molecule has 4 saturated carbocycles. The van der Waals surface area contributed by atoms with Crippen LogP contribution in [0, 0.1) is 37.0 Å². The van der Waals surface area contributed by atoms with Crippen LogP contribution in [0.5, 0.6) is 0 Å². The molecular formula is C20H28N2S. The molecule has 4 aliphatic rings. The topological polar surface area (TPSA) is 24.1 Å². The summed E-state index contributed by atoms with van der Waals surface area (Å²) in [5.74, 6) is 3.01. The smallest absolute Gasteiger partial charge is 0.170 e. The lowest BCUT2D eigenvalue weighted by Crippen LogP contribution is -2.51. The van der Waals surface area contributed by atoms with Gasteiger partial charge in [0.15, 0.2) is 5.11 Å². The fourth-order valence-electron chi connectivity index (χ4n) is 5.77. The van der Waals surface area contributed by atoms with Gasteiger partial charge >= 0.3 is 0 Å². The third-order valence-electron chi connectivity index (χ3n) is 6.55. The van der Waals surface area contributed by atoms with E-state index in [1.165, 1.54) is 49.7 Å². The number of rotatable bonds is 3. The van der Waals surface area contributed by atoms with Gasteiger partial charge in [-0.15, -0.1) is 0 Å². The predicted octanol–water partition coefficient (Wildman–Crippen LogP) is 4.81. The van der Waals surface area contributed by atoms with Gasteiger partial charge in [0, 0.05) is 12.2 Å². The van der Waals surface area contributed by atoms with Crippen molar-refractivity contribution in [3.05, 3.63) is 29.3 Å². The van der Waals surface area contributed by atoms with Gasteiger partial charge in [0.25, 0.3) is 0 Å². The monoisotopic (exact) mass is 328 g/mol. The van der Waals surface area contributed by atoms with Gasteiger partial charge in [-0.2, -0.15) is 0 Å². The van der Waals surface area contributed by atoms with Crippen LogP contribution in [-0.2, 0) is 0 Å². The molecule has 0 heterocycles. The van der Waals surface area contributed by atoms with E-state index in [1.807, 2.05) is 0 Å². The Labute approximate surface area is 145 Å². The number of benzene rings is 1. The fraction of sp³-hybridized carbons (Fsp3) is 0.650. The lowest BCUT2D eigenvalue weighted by molar-refractivity contribution is -0.0490. The van der Waals surface area contributed by atoms with Gasteiger partial charge in [0.05, 0.1) is 0 Å². The number of hydrogen-bond donors (Lipinski definition) is 2. The summed E-state index contributed by atoms with van der Waals surface area (Å²) in [5, 5.41) is 7.69. The van der Waals surface area contributed by atoms with E-state index in [1.54, 1.807) is 0 Å². The quantitative estimate of drug-likeness (QED) is 0.779. The second-order valence-corrected chi connectivity index (χ2v) is 8.93. The van der Waals surface area contributed by atoms with Crippen LogP contribution in [0.4, 0.5) is 5.69 Å². The van der Waals surface area contributed by atoms with E-state index in [9.17, 15) is 0 Å². The Morgan fingerprint density at radius 3 is 2.22 bits per heavy atom. The first-order valence-electron chi connectivity index (χ1n) is 9.13. The molecule has 0 radical (unpaired) electrons. The number of aryl methyl sites for hydroxylation is 2. The van der Waals surface area contributed by atoms with E-state index in [4.69, 9.17) is 12.2 Å². The molecule has 1 aromatic carbocycles. The molecule has 0 aromatic heterocycles. The Balaban J connectivity index is 1.35. The van der Waals surface area contributed by atoms with E-state index in [0.717, 1.165) is 35.1 Å². The summed E-state index contributed by atoms with van der Waals surface area (Å²) in [6.45, 7) is 5.35. The van der Waals surface area contributed by atoms with Crippen LogP contribution in [-0.4, -0.2) is 11.7 Å². The maximum absolute atomic E-state index is 5.54. The maximum atomic E-state index is 5.54. The van der Waals surface area contributed by atoms with Crippen molar-refractivity contribution in [1.29, 1.82) is 0 Å². The SMILES string of the molecule is Cc1ccc(NC(=S)NCC23CC4CC(CC(C4)C2)C3)cc1C. The van der Waals surface area contributed by atoms with Crippen LogP contribution in [0.3, 0.4) is 0 Å². The Bertz CT molecular complexity index is 587. The van der Waals surface area contributed by atoms with Gasteiger partial charge < -0.3 is 10.6 Å². The molecule has 0 saturated heterocycles. The van der Waals surface area contributed by atoms with Crippen molar-refractivity contribution in [2.45, 2.75) is 52.4 Å². The molecule has 0 aliphatic heterocycles. The standard InChI is InChI=1S/C20H28N2S/c1-13-3-4-18(5-14(13)2)22-19(23)21-12-20-9-15-6-16(10-20)8-17(7-15)11-20/h3-5,15-17H,6-12H2,1-2H3,(H2,21,22,23). The summed E-state index contributed by atoms with van der Waals surface area (Å²) < 4.78 is 0. The summed E-state index contributed by atoms with van der Waals surface area (Å²) >= 11 is 5.54. The number of nitrogens with one attached hydrogen (secondary N) is 2. The molecule has 4 aliphatic carbocycles. The summed E-state index contributed by atoms with van der Waals surface area (Å²) in [7, 11) is 0. The van der Waals surface area contributed by atoms with Gasteiger partial charge in [-0.25, -0.2) is 0 Å². The van der Waals surface area contributed by atoms with Crippen molar-refractivity contribution >= 4 is 23.0 Å². The lowest BCUT2D eigenvalue weighted by Gasteiger charge is -2.57. The average Bonchev–Trinajstić information content (AvgIpc) is 2.48. The highest BCUT2D eigenvalue weighted by Crippen LogP contribution is 2.59. The second-order valence-electron chi connectivity index (χ2n) is 8.52. The van der Waals surface area contributed by atoms with E-state index in [2.05, 4.69) is 42.7 Å². The van der Waals surface area contributed by atoms with Crippen molar-refractivity contribution in [2.75, 3.05) is 11.9 Å². The molecule has 0 atom stereocenters. The van der Waals surface area contributed by atoms with E-state index in [0.29, 0.717) is 5.41 Å². The van der Waals surface area contributed by atoms with Crippen molar-refractivity contribution < 1.29 is 0 Å². The largest absolute Gasteiger partial charge is 0.362 e. The second kappa shape index (κ2) is 5.77. The molecule has 0 spiro atoms. The van der Waals surface area contributed by atoms with Gasteiger partial charge in [0.2, 0.25) is 0 Å². The maximum Gasteiger partial charge on any atom is 0.170 e. The van der Waals surface area contributed by atoms with Crippen LogP contribution in [0.15, 0.2) is 18.2 Å². The van der Waals surface area contributed by atoms with Crippen LogP contribution in [0.2, 0.25) is 0 Å². The van der Waals surface area contributed by atoms with Crippen molar-refractivity contribution in [3.8, 4) is 0 Å². The summed E-state index contributed by atoms with van der Waals surface area (Å²) in [6.07, 6.45) is 8.80. The Hall–Kier alpha value is -1.09. The lowest BCUT2D eigenvalue weighted by atomic mass is 9.49. The molecule has 23 heavy (non-hydrogen) atoms. The Morgan fingerprint density at radius 1 is 1.04 bits per heavy atom. The highest BCUT2D eigenvalue weighted by molar-refractivity contribution is 7.80. The molecule has 2 nitrogen and oxygen atoms in total. The number of anilines is 1. The first-order chi connectivity index (χ1) is 11.0. The van der Waals surface area contributed by atoms with Crippen molar-refractivity contribution in [2.24, 2.45) is 23.2 Å². The van der Waals surface area contributed by atoms with Gasteiger partial charge in [-0.3, -0.25) is 0 Å². The molecule has 124 valence electrons. The van der Waals surface area contributed by atoms with E-state index >= 15 is 0 Å². The van der Waals surface area contributed by atoms with E-state index in [-0.39, 0.29) is 0 Å². The summed E-state index contributed by atoms with van der Waals surface area (Å²) in [6, 6.07) is 6.44. The number of thiocarbonyl (C=S) groups is 1. The van der Waals surface area contributed by atoms with Crippen molar-refractivity contribution in [1.82, 2.24) is 5.32 Å². The molecule has 5 rings (SSSR count). The highest BCUT2D eigenvalue weighted by atomic mass is 32.1. The zero-order chi connectivity index (χ0) is 16.0. The summed E-state index contributed by atoms with van der Waals surface area (Å²) in [5.41, 5.74) is 4.25. The minimum atomic E-state index is 0.531. The van der Waals surface area contributed by atoms with Gasteiger partial charge in [-0.05, 0) is 111 Å².